The van der Waals surface area contributed by atoms with E-state index >= 15 is 0 Å². The minimum atomic E-state index is 0.640. The van der Waals surface area contributed by atoms with Gasteiger partial charge in [-0.1, -0.05) is 84.9 Å². The van der Waals surface area contributed by atoms with Gasteiger partial charge in [-0.15, -0.1) is 0 Å². The normalized spacial score (nSPS) is 11.4. The molecule has 0 N–H and O–H groups in total. The van der Waals surface area contributed by atoms with E-state index in [1.807, 2.05) is 24.3 Å². The maximum absolute atomic E-state index is 9.35. The number of benzene rings is 6. The van der Waals surface area contributed by atoms with Gasteiger partial charge in [0.15, 0.2) is 0 Å². The quantitative estimate of drug-likeness (QED) is 0.253. The molecule has 3 nitrogen and oxygen atoms in total. The van der Waals surface area contributed by atoms with Crippen molar-refractivity contribution in [1.82, 2.24) is 9.55 Å². The van der Waals surface area contributed by atoms with Crippen molar-refractivity contribution >= 4 is 43.4 Å². The van der Waals surface area contributed by atoms with E-state index < -0.39 is 0 Å². The zero-order chi connectivity index (χ0) is 23.4. The number of hydrogen-bond donors (Lipinski definition) is 0. The van der Waals surface area contributed by atoms with E-state index in [1.165, 1.54) is 21.5 Å². The van der Waals surface area contributed by atoms with Crippen LogP contribution in [-0.2, 0) is 0 Å². The Morgan fingerprint density at radius 3 is 1.97 bits per heavy atom. The summed E-state index contributed by atoms with van der Waals surface area (Å²) in [5.74, 6) is 0.886. The van der Waals surface area contributed by atoms with E-state index in [1.54, 1.807) is 0 Å². The number of rotatable bonds is 2. The molecule has 0 radical (unpaired) electrons. The third-order valence-electron chi connectivity index (χ3n) is 6.79. The Kier molecular flexibility index (Phi) is 4.21. The monoisotopic (exact) mass is 445 g/mol. The van der Waals surface area contributed by atoms with Crippen molar-refractivity contribution in [2.75, 3.05) is 0 Å². The van der Waals surface area contributed by atoms with Gasteiger partial charge in [0.1, 0.15) is 5.82 Å². The van der Waals surface area contributed by atoms with Crippen molar-refractivity contribution in [3.8, 4) is 23.1 Å². The molecule has 0 saturated carbocycles. The summed E-state index contributed by atoms with van der Waals surface area (Å²) in [6.07, 6.45) is 0. The SMILES string of the molecule is N#Cc1ccc(-n2c(-c3ccc4ccccc4c3)nc3c4ccccc4c4ccccc4c32)cc1. The van der Waals surface area contributed by atoms with Crippen molar-refractivity contribution < 1.29 is 0 Å². The van der Waals surface area contributed by atoms with E-state index in [-0.39, 0.29) is 0 Å². The van der Waals surface area contributed by atoms with Crippen molar-refractivity contribution in [1.29, 1.82) is 5.26 Å². The number of nitriles is 1. The number of aromatic nitrogens is 2. The summed E-state index contributed by atoms with van der Waals surface area (Å²) in [6, 6.07) is 41.9. The molecule has 0 aliphatic heterocycles. The lowest BCUT2D eigenvalue weighted by Crippen LogP contribution is -1.98. The van der Waals surface area contributed by atoms with Gasteiger partial charge >= 0.3 is 0 Å². The van der Waals surface area contributed by atoms with Crippen LogP contribution in [0, 0.1) is 11.3 Å². The van der Waals surface area contributed by atoms with Gasteiger partial charge in [-0.05, 0) is 51.9 Å². The summed E-state index contributed by atoms with van der Waals surface area (Å²) in [4.78, 5) is 5.28. The highest BCUT2D eigenvalue weighted by Crippen LogP contribution is 2.39. The van der Waals surface area contributed by atoms with E-state index in [0.717, 1.165) is 38.9 Å². The van der Waals surface area contributed by atoms with Crippen LogP contribution in [0.5, 0.6) is 0 Å². The molecule has 0 aliphatic carbocycles. The van der Waals surface area contributed by atoms with Gasteiger partial charge < -0.3 is 0 Å². The molecule has 0 fully saturated rings. The Balaban J connectivity index is 1.67. The first-order valence-corrected chi connectivity index (χ1v) is 11.6. The predicted molar refractivity (Wildman–Crippen MR) is 144 cm³/mol. The number of hydrogen-bond acceptors (Lipinski definition) is 2. The molecule has 6 aromatic carbocycles. The molecule has 0 unspecified atom stereocenters. The molecule has 0 saturated heterocycles. The lowest BCUT2D eigenvalue weighted by molar-refractivity contribution is 1.11. The van der Waals surface area contributed by atoms with Gasteiger partial charge in [0.25, 0.3) is 0 Å². The van der Waals surface area contributed by atoms with Gasteiger partial charge in [-0.2, -0.15) is 5.26 Å². The van der Waals surface area contributed by atoms with Crippen molar-refractivity contribution in [2.45, 2.75) is 0 Å². The summed E-state index contributed by atoms with van der Waals surface area (Å²) < 4.78 is 2.25. The number of fused-ring (bicyclic) bond motifs is 7. The molecule has 1 aromatic heterocycles. The highest BCUT2D eigenvalue weighted by atomic mass is 15.1. The van der Waals surface area contributed by atoms with Crippen molar-refractivity contribution in [2.24, 2.45) is 0 Å². The van der Waals surface area contributed by atoms with Crippen LogP contribution in [0.15, 0.2) is 115 Å². The zero-order valence-corrected chi connectivity index (χ0v) is 18.8. The minimum Gasteiger partial charge on any atom is -0.292 e. The second kappa shape index (κ2) is 7.55. The van der Waals surface area contributed by atoms with Gasteiger partial charge in [-0.3, -0.25) is 4.57 Å². The zero-order valence-electron chi connectivity index (χ0n) is 18.8. The molecule has 0 amide bonds. The Hall–Kier alpha value is -4.94. The van der Waals surface area contributed by atoms with E-state index in [9.17, 15) is 5.26 Å². The minimum absolute atomic E-state index is 0.640. The molecular weight excluding hydrogens is 426 g/mol. The number of imidazole rings is 1. The van der Waals surface area contributed by atoms with E-state index in [0.29, 0.717) is 5.56 Å². The molecule has 3 heteroatoms. The maximum Gasteiger partial charge on any atom is 0.145 e. The van der Waals surface area contributed by atoms with E-state index in [4.69, 9.17) is 4.98 Å². The summed E-state index contributed by atoms with van der Waals surface area (Å²) in [5.41, 5.74) is 4.73. The van der Waals surface area contributed by atoms with Gasteiger partial charge in [0, 0.05) is 22.0 Å². The second-order valence-electron chi connectivity index (χ2n) is 8.78. The standard InChI is InChI=1S/C32H19N3/c33-20-21-13-17-25(18-14-21)35-31-29-12-6-4-10-27(29)26-9-3-5-11-28(26)30(31)34-32(35)24-16-15-22-7-1-2-8-23(22)19-24/h1-19H. The molecule has 35 heavy (non-hydrogen) atoms. The van der Waals surface area contributed by atoms with Crippen LogP contribution in [0.25, 0.3) is 60.4 Å². The average molecular weight is 446 g/mol. The molecule has 0 atom stereocenters. The molecule has 7 aromatic rings. The van der Waals surface area contributed by atoms with Crippen LogP contribution in [0.2, 0.25) is 0 Å². The van der Waals surface area contributed by atoms with Crippen LogP contribution < -0.4 is 0 Å². The van der Waals surface area contributed by atoms with E-state index in [2.05, 4.69) is 102 Å². The maximum atomic E-state index is 9.35. The molecule has 7 rings (SSSR count). The number of nitrogens with zero attached hydrogens (tertiary/aromatic N) is 3. The van der Waals surface area contributed by atoms with Crippen LogP contribution in [0.1, 0.15) is 5.56 Å². The van der Waals surface area contributed by atoms with Crippen LogP contribution in [0.3, 0.4) is 0 Å². The highest BCUT2D eigenvalue weighted by molar-refractivity contribution is 6.24. The van der Waals surface area contributed by atoms with Crippen molar-refractivity contribution in [3.05, 3.63) is 121 Å². The second-order valence-corrected chi connectivity index (χ2v) is 8.78. The lowest BCUT2D eigenvalue weighted by atomic mass is 10.00. The van der Waals surface area contributed by atoms with Gasteiger partial charge in [-0.25, -0.2) is 4.98 Å². The largest absolute Gasteiger partial charge is 0.292 e. The van der Waals surface area contributed by atoms with Crippen LogP contribution in [-0.4, -0.2) is 9.55 Å². The highest BCUT2D eigenvalue weighted by Gasteiger charge is 2.20. The topological polar surface area (TPSA) is 41.6 Å². The Bertz CT molecular complexity index is 1950. The lowest BCUT2D eigenvalue weighted by Gasteiger charge is -2.13. The molecule has 162 valence electrons. The van der Waals surface area contributed by atoms with Gasteiger partial charge in [0.2, 0.25) is 0 Å². The van der Waals surface area contributed by atoms with Crippen molar-refractivity contribution in [3.63, 3.8) is 0 Å². The molecule has 1 heterocycles. The fourth-order valence-corrected chi connectivity index (χ4v) is 5.16. The van der Waals surface area contributed by atoms with Crippen LogP contribution in [0.4, 0.5) is 0 Å². The van der Waals surface area contributed by atoms with Gasteiger partial charge in [0.05, 0.1) is 22.7 Å². The Morgan fingerprint density at radius 1 is 0.600 bits per heavy atom. The first kappa shape index (κ1) is 19.5. The fraction of sp³-hybridized carbons (Fsp3) is 0. The first-order valence-electron chi connectivity index (χ1n) is 11.6. The summed E-state index contributed by atoms with van der Waals surface area (Å²) >= 11 is 0. The summed E-state index contributed by atoms with van der Waals surface area (Å²) in [7, 11) is 0. The third kappa shape index (κ3) is 2.94. The molecule has 0 bridgehead atoms. The smallest absolute Gasteiger partial charge is 0.145 e. The van der Waals surface area contributed by atoms with Crippen LogP contribution >= 0.6 is 0 Å². The molecule has 0 aliphatic rings. The summed E-state index contributed by atoms with van der Waals surface area (Å²) in [5, 5.41) is 16.4. The average Bonchev–Trinajstić information content (AvgIpc) is 3.34. The Labute approximate surface area is 202 Å². The molecule has 0 spiro atoms. The first-order chi connectivity index (χ1) is 17.3. The third-order valence-corrected chi connectivity index (χ3v) is 6.79. The predicted octanol–water partition coefficient (Wildman–Crippen LogP) is 8.02. The fourth-order valence-electron chi connectivity index (χ4n) is 5.16. The molecular formula is C32H19N3. The summed E-state index contributed by atoms with van der Waals surface area (Å²) in [6.45, 7) is 0. The Morgan fingerprint density at radius 2 is 1.23 bits per heavy atom.